The molecule has 0 aromatic heterocycles. The second-order valence-electron chi connectivity index (χ2n) is 0.283. The van der Waals surface area contributed by atoms with Crippen molar-refractivity contribution in [3.8, 4) is 0 Å². The molecule has 0 heterocycles. The average molecular weight is 193 g/mol. The molecule has 4 N–H and O–H groups in total. The molecule has 0 rings (SSSR count). The van der Waals surface area contributed by atoms with E-state index >= 15 is 0 Å². The first-order chi connectivity index (χ1) is 1.73. The van der Waals surface area contributed by atoms with E-state index < -0.39 is 6.16 Å². The molecular weight excluding hydrogens is 188 g/mol. The SMILES string of the molecule is O.O=C(O)O.[NaH].[Y]. The molecule has 0 atom stereocenters. The maximum Gasteiger partial charge on any atom is 0 e. The Morgan fingerprint density at radius 1 is 1.29 bits per heavy atom. The second-order valence-corrected chi connectivity index (χ2v) is 0.283. The minimum Gasteiger partial charge on any atom is 0 e. The average Bonchev–Trinajstić information content (AvgIpc) is 0.811. The van der Waals surface area contributed by atoms with Crippen molar-refractivity contribution in [2.45, 2.75) is 0 Å². The second kappa shape index (κ2) is 15.7. The Morgan fingerprint density at radius 3 is 1.29 bits per heavy atom. The first kappa shape index (κ1) is 23.9. The van der Waals surface area contributed by atoms with Gasteiger partial charge in [-0.3, -0.25) is 0 Å². The van der Waals surface area contributed by atoms with E-state index in [2.05, 4.69) is 0 Å². The molecule has 0 aliphatic carbocycles. The molecule has 0 spiro atoms. The molecule has 0 aromatic carbocycles. The number of carbonyl (C=O) groups is 1. The first-order valence-electron chi connectivity index (χ1n) is 0.651. The Bertz CT molecular complexity index is 34.7. The van der Waals surface area contributed by atoms with Gasteiger partial charge in [0, 0.05) is 32.7 Å². The number of carboxylic acid groups (broad SMARTS) is 2. The number of rotatable bonds is 0. The Labute approximate surface area is 87.8 Å². The Morgan fingerprint density at radius 2 is 1.29 bits per heavy atom. The Kier molecular flexibility index (Phi) is 53.4. The predicted octanol–water partition coefficient (Wildman–Crippen LogP) is -1.25. The summed E-state index contributed by atoms with van der Waals surface area (Å²) in [5.74, 6) is 0. The van der Waals surface area contributed by atoms with Crippen molar-refractivity contribution < 1.29 is 53.2 Å². The quantitative estimate of drug-likeness (QED) is 0.470. The molecule has 0 aliphatic rings. The molecular formula is CH5NaO4Y. The minimum atomic E-state index is -1.83. The van der Waals surface area contributed by atoms with Crippen LogP contribution in [0.1, 0.15) is 0 Å². The fourth-order valence-electron chi connectivity index (χ4n) is 0. The largest absolute Gasteiger partial charge is 0 e. The fraction of sp³-hybridized carbons (Fsp3) is 0. The summed E-state index contributed by atoms with van der Waals surface area (Å²) in [5.41, 5.74) is 0. The van der Waals surface area contributed by atoms with Crippen molar-refractivity contribution in [1.82, 2.24) is 0 Å². The van der Waals surface area contributed by atoms with Gasteiger partial charge in [0.2, 0.25) is 0 Å². The van der Waals surface area contributed by atoms with Gasteiger partial charge in [-0.2, -0.15) is 0 Å². The van der Waals surface area contributed by atoms with Gasteiger partial charge in [-0.05, 0) is 0 Å². The molecule has 0 bridgehead atoms. The van der Waals surface area contributed by atoms with Crippen LogP contribution < -0.4 is 0 Å². The summed E-state index contributed by atoms with van der Waals surface area (Å²) in [6, 6.07) is 0. The molecule has 0 aromatic rings. The van der Waals surface area contributed by atoms with Crippen molar-refractivity contribution in [3.05, 3.63) is 0 Å². The van der Waals surface area contributed by atoms with Gasteiger partial charge in [-0.25, -0.2) is 4.79 Å². The maximum atomic E-state index is 8.56. The monoisotopic (exact) mass is 193 g/mol. The van der Waals surface area contributed by atoms with E-state index in [1.165, 1.54) is 0 Å². The van der Waals surface area contributed by atoms with Crippen molar-refractivity contribution in [1.29, 1.82) is 0 Å². The zero-order chi connectivity index (χ0) is 3.58. The van der Waals surface area contributed by atoms with Gasteiger partial charge in [0.25, 0.3) is 0 Å². The van der Waals surface area contributed by atoms with E-state index in [-0.39, 0.29) is 67.7 Å². The van der Waals surface area contributed by atoms with Crippen molar-refractivity contribution in [2.75, 3.05) is 0 Å². The van der Waals surface area contributed by atoms with Gasteiger partial charge in [0.1, 0.15) is 0 Å². The molecule has 7 heavy (non-hydrogen) atoms. The van der Waals surface area contributed by atoms with Crippen LogP contribution in [-0.4, -0.2) is 51.4 Å². The molecule has 0 amide bonds. The zero-order valence-electron chi connectivity index (χ0n) is 2.88. The predicted molar refractivity (Wildman–Crippen MR) is 21.4 cm³/mol. The number of hydrogen-bond donors (Lipinski definition) is 2. The molecule has 4 nitrogen and oxygen atoms in total. The van der Waals surface area contributed by atoms with Gasteiger partial charge in [0.05, 0.1) is 0 Å². The summed E-state index contributed by atoms with van der Waals surface area (Å²) in [5, 5.41) is 13.9. The summed E-state index contributed by atoms with van der Waals surface area (Å²) < 4.78 is 0. The van der Waals surface area contributed by atoms with Crippen LogP contribution in [0.15, 0.2) is 0 Å². The topological polar surface area (TPSA) is 89.0 Å². The van der Waals surface area contributed by atoms with E-state index in [0.29, 0.717) is 0 Å². The normalized spacial score (nSPS) is 3.43. The van der Waals surface area contributed by atoms with Crippen molar-refractivity contribution in [2.24, 2.45) is 0 Å². The summed E-state index contributed by atoms with van der Waals surface area (Å²) in [6.07, 6.45) is -1.83. The molecule has 0 unspecified atom stereocenters. The van der Waals surface area contributed by atoms with Crippen LogP contribution in [0, 0.1) is 0 Å². The van der Waals surface area contributed by atoms with Crippen molar-refractivity contribution >= 4 is 35.7 Å². The zero-order valence-corrected chi connectivity index (χ0v) is 5.72. The van der Waals surface area contributed by atoms with E-state index in [0.717, 1.165) is 0 Å². The molecule has 1 radical (unpaired) electrons. The molecule has 0 saturated heterocycles. The van der Waals surface area contributed by atoms with Crippen LogP contribution in [0.3, 0.4) is 0 Å². The van der Waals surface area contributed by atoms with Gasteiger partial charge < -0.3 is 15.7 Å². The van der Waals surface area contributed by atoms with E-state index in [1.54, 1.807) is 0 Å². The van der Waals surface area contributed by atoms with E-state index in [1.807, 2.05) is 0 Å². The molecule has 6 heteroatoms. The third-order valence-electron chi connectivity index (χ3n) is 0. The molecule has 0 fully saturated rings. The van der Waals surface area contributed by atoms with Crippen LogP contribution >= 0.6 is 0 Å². The van der Waals surface area contributed by atoms with Crippen LogP contribution in [0.4, 0.5) is 4.79 Å². The molecule has 0 saturated carbocycles. The van der Waals surface area contributed by atoms with Gasteiger partial charge >= 0.3 is 35.7 Å². The summed E-state index contributed by atoms with van der Waals surface area (Å²) in [7, 11) is 0. The third-order valence-corrected chi connectivity index (χ3v) is 0. The fourth-order valence-corrected chi connectivity index (χ4v) is 0. The van der Waals surface area contributed by atoms with Crippen molar-refractivity contribution in [3.63, 3.8) is 0 Å². The maximum absolute atomic E-state index is 8.56. The van der Waals surface area contributed by atoms with Crippen LogP contribution in [-0.2, 0) is 32.7 Å². The van der Waals surface area contributed by atoms with E-state index in [4.69, 9.17) is 15.0 Å². The van der Waals surface area contributed by atoms with Crippen LogP contribution in [0.2, 0.25) is 0 Å². The van der Waals surface area contributed by atoms with Gasteiger partial charge in [-0.1, -0.05) is 0 Å². The first-order valence-corrected chi connectivity index (χ1v) is 0.651. The third kappa shape index (κ3) is 117. The summed E-state index contributed by atoms with van der Waals surface area (Å²) in [6.45, 7) is 0. The van der Waals surface area contributed by atoms with Gasteiger partial charge in [0.15, 0.2) is 0 Å². The van der Waals surface area contributed by atoms with Crippen LogP contribution in [0.5, 0.6) is 0 Å². The van der Waals surface area contributed by atoms with E-state index in [9.17, 15) is 0 Å². The summed E-state index contributed by atoms with van der Waals surface area (Å²) in [4.78, 5) is 8.56. The molecule has 0 aliphatic heterocycles. The summed E-state index contributed by atoms with van der Waals surface area (Å²) >= 11 is 0. The smallest absolute Gasteiger partial charge is 0 e. The van der Waals surface area contributed by atoms with Crippen LogP contribution in [0.25, 0.3) is 0 Å². The van der Waals surface area contributed by atoms with Gasteiger partial charge in [-0.15, -0.1) is 0 Å². The standard InChI is InChI=1S/CH2O3.Na.H2O.Y.H/c2-1(3)4;;;;/h(H2,2,3,4);;1H2;;. The molecule has 37 valence electrons. The minimum absolute atomic E-state index is 0. The Balaban J connectivity index is -0.0000000150. The number of hydrogen-bond acceptors (Lipinski definition) is 1. The Hall–Kier alpha value is 1.33.